The number of phenols is 2. The van der Waals surface area contributed by atoms with Gasteiger partial charge in [0.05, 0.1) is 26.9 Å². The first-order valence-electron chi connectivity index (χ1n) is 14.0. The topological polar surface area (TPSA) is 251 Å². The van der Waals surface area contributed by atoms with Crippen molar-refractivity contribution in [3.05, 3.63) is 119 Å². The monoisotopic (exact) mass is 733 g/mol. The molecule has 50 heavy (non-hydrogen) atoms. The Labute approximate surface area is 294 Å². The maximum Gasteiger partial charge on any atom is 3.00 e. The number of aromatic hydroxyl groups is 2. The summed E-state index contributed by atoms with van der Waals surface area (Å²) >= 11 is 0. The summed E-state index contributed by atoms with van der Waals surface area (Å²) in [6, 6.07) is 25.5. The van der Waals surface area contributed by atoms with Crippen LogP contribution in [0.1, 0.15) is 5.69 Å². The van der Waals surface area contributed by atoms with E-state index in [0.29, 0.717) is 16.8 Å². The Hall–Kier alpha value is -6.19. The minimum Gasteiger partial charge on any atom is -0.871 e. The molecule has 1 heterocycles. The predicted octanol–water partition coefficient (Wildman–Crippen LogP) is 6.56. The summed E-state index contributed by atoms with van der Waals surface area (Å²) in [5.41, 5.74) is 0.533. The summed E-state index contributed by atoms with van der Waals surface area (Å²) in [6.07, 6.45) is 0. The van der Waals surface area contributed by atoms with Gasteiger partial charge in [-0.3, -0.25) is 14.7 Å². The minimum absolute atomic E-state index is 0. The number of hydrogen-bond donors (Lipinski definition) is 3. The average molecular weight is 734 g/mol. The van der Waals surface area contributed by atoms with E-state index in [0.717, 1.165) is 35.7 Å². The molecular weight excluding hydrogens is 710 g/mol. The molecule has 0 aliphatic carbocycles. The first kappa shape index (κ1) is 36.6. The summed E-state index contributed by atoms with van der Waals surface area (Å²) in [4.78, 5) is 9.54. The Morgan fingerprint density at radius 2 is 1.40 bits per heavy atom. The molecule has 0 spiro atoms. The van der Waals surface area contributed by atoms with E-state index in [4.69, 9.17) is 4.55 Å². The molecule has 6 rings (SSSR count). The van der Waals surface area contributed by atoms with E-state index in [1.807, 2.05) is 18.2 Å². The molecule has 1 aromatic heterocycles. The van der Waals surface area contributed by atoms with E-state index in [1.54, 1.807) is 49.4 Å². The van der Waals surface area contributed by atoms with E-state index >= 15 is 0 Å². The van der Waals surface area contributed by atoms with Crippen molar-refractivity contribution in [2.75, 3.05) is 0 Å². The number of rotatable bonds is 7. The van der Waals surface area contributed by atoms with Crippen molar-refractivity contribution in [3.63, 3.8) is 0 Å². The molecule has 251 valence electrons. The molecule has 5 aromatic carbocycles. The summed E-state index contributed by atoms with van der Waals surface area (Å²) in [5.74, 6) is -1.55. The molecule has 0 aliphatic rings. The van der Waals surface area contributed by atoms with Crippen molar-refractivity contribution in [2.45, 2.75) is 11.8 Å². The molecule has 0 saturated carbocycles. The maximum absolute atomic E-state index is 12.4. The van der Waals surface area contributed by atoms with Crippen molar-refractivity contribution in [1.82, 2.24) is 9.78 Å². The number of fused-ring (bicyclic) bond motifs is 1. The minimum atomic E-state index is -4.43. The summed E-state index contributed by atoms with van der Waals surface area (Å²) in [6.45, 7) is 1.60. The molecule has 0 atom stereocenters. The van der Waals surface area contributed by atoms with Crippen LogP contribution in [0.3, 0.4) is 0 Å². The summed E-state index contributed by atoms with van der Waals surface area (Å²) in [7, 11) is -4.43. The van der Waals surface area contributed by atoms with Gasteiger partial charge in [0.15, 0.2) is 0 Å². The van der Waals surface area contributed by atoms with Crippen molar-refractivity contribution in [2.24, 2.45) is 20.5 Å². The fourth-order valence-electron chi connectivity index (χ4n) is 4.36. The number of nitro groups is 1. The van der Waals surface area contributed by atoms with Crippen LogP contribution in [0.25, 0.3) is 16.5 Å². The number of nitro benzene ring substituents is 1. The Morgan fingerprint density at radius 1 is 0.760 bits per heavy atom. The van der Waals surface area contributed by atoms with Crippen LogP contribution in [-0.2, 0) is 27.5 Å². The van der Waals surface area contributed by atoms with E-state index in [1.165, 1.54) is 16.8 Å². The molecule has 0 fully saturated rings. The number of aryl methyl sites for hydroxylation is 1. The first-order chi connectivity index (χ1) is 23.3. The van der Waals surface area contributed by atoms with Gasteiger partial charge in [-0.05, 0) is 54.8 Å². The van der Waals surface area contributed by atoms with Crippen molar-refractivity contribution in [3.8, 4) is 28.8 Å². The molecule has 18 heteroatoms. The SMILES string of the molecule is Cc1nn(-c2ccccc2)c([O-])c1N=Nc1ccc([N+](=O)[O-])cc1[O-].O=S(=O)(O)c1ccc(O)c(N=Nc2c(O)ccc3ccccc23)c1.[Cr+3]. The third-order valence-corrected chi connectivity index (χ3v) is 7.63. The first-order valence-corrected chi connectivity index (χ1v) is 15.4. The second-order valence-corrected chi connectivity index (χ2v) is 11.5. The van der Waals surface area contributed by atoms with Crippen LogP contribution in [0.5, 0.6) is 23.1 Å². The zero-order chi connectivity index (χ0) is 35.3. The fraction of sp³-hybridized carbons (Fsp3) is 0.0312. The number of nitrogens with zero attached hydrogens (tertiary/aromatic N) is 7. The average Bonchev–Trinajstić information content (AvgIpc) is 3.36. The molecule has 0 aliphatic heterocycles. The second kappa shape index (κ2) is 15.4. The molecule has 1 radical (unpaired) electrons. The van der Waals surface area contributed by atoms with Crippen LogP contribution < -0.4 is 10.2 Å². The van der Waals surface area contributed by atoms with Crippen molar-refractivity contribution in [1.29, 1.82) is 0 Å². The Bertz CT molecular complexity index is 2370. The summed E-state index contributed by atoms with van der Waals surface area (Å²) in [5, 5.41) is 75.5. The molecule has 16 nitrogen and oxygen atoms in total. The zero-order valence-electron chi connectivity index (χ0n) is 25.6. The number of azo groups is 2. The number of non-ortho nitro benzene ring substituents is 1. The van der Waals surface area contributed by atoms with E-state index < -0.39 is 31.6 Å². The Morgan fingerprint density at radius 3 is 2.08 bits per heavy atom. The molecule has 0 bridgehead atoms. The quantitative estimate of drug-likeness (QED) is 0.0689. The third kappa shape index (κ3) is 8.26. The number of aromatic nitrogens is 2. The van der Waals surface area contributed by atoms with Crippen LogP contribution in [0, 0.1) is 17.0 Å². The van der Waals surface area contributed by atoms with Crippen LogP contribution in [-0.4, -0.2) is 37.9 Å². The Kier molecular flexibility index (Phi) is 11.3. The standard InChI is InChI=1S/C16H13N5O4.C16H12N2O5S.Cr/c1-10-15(16(23)20(19-10)11-5-3-2-4-6-11)18-17-13-8-7-12(21(24)25)9-14(13)22;19-14-8-6-11(24(21,22)23)9-13(14)17-18-16-12-4-2-1-3-10(12)5-7-15(16)20;/h2-9,22-23H,1H3;1-9,19-20H,(H,21,22,23);/q;;+3/p-2. The number of hydrogen-bond acceptors (Lipinski definition) is 13. The molecular formula is C32H23CrN7O9S+. The number of para-hydroxylation sites is 1. The fourth-order valence-corrected chi connectivity index (χ4v) is 4.86. The molecule has 6 aromatic rings. The largest absolute Gasteiger partial charge is 3.00 e. The van der Waals surface area contributed by atoms with Crippen LogP contribution >= 0.6 is 0 Å². The predicted molar refractivity (Wildman–Crippen MR) is 172 cm³/mol. The van der Waals surface area contributed by atoms with Gasteiger partial charge in [-0.1, -0.05) is 54.3 Å². The second-order valence-electron chi connectivity index (χ2n) is 10.1. The molecule has 0 amide bonds. The van der Waals surface area contributed by atoms with Gasteiger partial charge in [0.25, 0.3) is 15.8 Å². The van der Waals surface area contributed by atoms with Gasteiger partial charge in [-0.15, -0.1) is 15.3 Å². The maximum atomic E-state index is 12.4. The summed E-state index contributed by atoms with van der Waals surface area (Å²) < 4.78 is 32.6. The van der Waals surface area contributed by atoms with Crippen molar-refractivity contribution >= 4 is 49.3 Å². The van der Waals surface area contributed by atoms with Gasteiger partial charge in [0.2, 0.25) is 0 Å². The third-order valence-electron chi connectivity index (χ3n) is 6.78. The van der Waals surface area contributed by atoms with Gasteiger partial charge in [-0.2, -0.15) is 18.6 Å². The molecule has 3 N–H and O–H groups in total. The zero-order valence-corrected chi connectivity index (χ0v) is 27.6. The van der Waals surface area contributed by atoms with Crippen molar-refractivity contribution < 1.29 is 55.7 Å². The van der Waals surface area contributed by atoms with E-state index in [2.05, 4.69) is 25.6 Å². The van der Waals surface area contributed by atoms with Gasteiger partial charge in [-0.25, -0.2) is 4.68 Å². The van der Waals surface area contributed by atoms with Crippen LogP contribution in [0.2, 0.25) is 0 Å². The van der Waals surface area contributed by atoms with Gasteiger partial charge < -0.3 is 20.4 Å². The molecule has 0 saturated heterocycles. The Balaban J connectivity index is 0.000000220. The van der Waals surface area contributed by atoms with Gasteiger partial charge in [0.1, 0.15) is 28.6 Å². The van der Waals surface area contributed by atoms with E-state index in [-0.39, 0.29) is 57.3 Å². The smallest absolute Gasteiger partial charge is 0.871 e. The molecule has 0 unspecified atom stereocenters. The van der Waals surface area contributed by atoms with Crippen LogP contribution in [0.15, 0.2) is 128 Å². The normalized spacial score (nSPS) is 11.3. The van der Waals surface area contributed by atoms with E-state index in [9.17, 15) is 39.0 Å². The van der Waals surface area contributed by atoms with Gasteiger partial charge in [0, 0.05) is 23.4 Å². The van der Waals surface area contributed by atoms with Gasteiger partial charge >= 0.3 is 17.4 Å². The number of benzene rings is 5. The van der Waals surface area contributed by atoms with Crippen LogP contribution in [0.4, 0.5) is 28.4 Å². The number of phenolic OH excluding ortho intramolecular Hbond substituents is 2.